The fourth-order valence-corrected chi connectivity index (χ4v) is 3.90. The third-order valence-electron chi connectivity index (χ3n) is 5.31. The first kappa shape index (κ1) is 25.6. The van der Waals surface area contributed by atoms with Crippen molar-refractivity contribution in [2.24, 2.45) is 0 Å². The maximum absolute atomic E-state index is 13.5. The van der Waals surface area contributed by atoms with Crippen LogP contribution in [-0.2, 0) is 22.6 Å². The molecule has 0 aliphatic rings. The van der Waals surface area contributed by atoms with Gasteiger partial charge in [-0.2, -0.15) is 0 Å². The number of hydrogen-bond donors (Lipinski definition) is 1. The first-order valence-corrected chi connectivity index (χ1v) is 12.0. The average molecular weight is 499 g/mol. The van der Waals surface area contributed by atoms with Gasteiger partial charge in [-0.05, 0) is 35.7 Å². The Hall–Kier alpha value is -3.02. The molecule has 1 N–H and O–H groups in total. The van der Waals surface area contributed by atoms with E-state index in [0.717, 1.165) is 17.5 Å². The molecule has 5 nitrogen and oxygen atoms in total. The maximum Gasteiger partial charge on any atom is 0.261 e. The highest BCUT2D eigenvalue weighted by atomic mass is 35.5. The third-order valence-corrected chi connectivity index (χ3v) is 5.99. The second-order valence-corrected chi connectivity index (χ2v) is 8.64. The Labute approximate surface area is 210 Å². The Kier molecular flexibility index (Phi) is 9.80. The molecule has 0 aliphatic carbocycles. The largest absolute Gasteiger partial charge is 0.482 e. The zero-order valence-electron chi connectivity index (χ0n) is 19.0. The highest BCUT2D eigenvalue weighted by Crippen LogP contribution is 2.24. The van der Waals surface area contributed by atoms with Crippen LogP contribution in [0.15, 0.2) is 78.9 Å². The number of ether oxygens (including phenoxy) is 1. The molecule has 1 atom stereocenters. The fraction of sp³-hybridized carbons (Fsp3) is 0.259. The minimum Gasteiger partial charge on any atom is -0.482 e. The van der Waals surface area contributed by atoms with Gasteiger partial charge in [-0.3, -0.25) is 9.59 Å². The number of rotatable bonds is 11. The fourth-order valence-electron chi connectivity index (χ4n) is 3.51. The van der Waals surface area contributed by atoms with Crippen molar-refractivity contribution in [2.45, 2.75) is 32.4 Å². The lowest BCUT2D eigenvalue weighted by Gasteiger charge is -2.31. The van der Waals surface area contributed by atoms with E-state index in [-0.39, 0.29) is 25.0 Å². The van der Waals surface area contributed by atoms with Crippen LogP contribution in [-0.4, -0.2) is 35.9 Å². The predicted octanol–water partition coefficient (Wildman–Crippen LogP) is 5.54. The number of para-hydroxylation sites is 1. The minimum atomic E-state index is -0.743. The lowest BCUT2D eigenvalue weighted by atomic mass is 10.0. The topological polar surface area (TPSA) is 58.6 Å². The number of amides is 2. The van der Waals surface area contributed by atoms with Gasteiger partial charge in [0.1, 0.15) is 11.8 Å². The number of carbonyl (C=O) groups excluding carboxylic acids is 2. The van der Waals surface area contributed by atoms with Gasteiger partial charge < -0.3 is 15.0 Å². The highest BCUT2D eigenvalue weighted by Gasteiger charge is 2.31. The van der Waals surface area contributed by atoms with E-state index in [1.54, 1.807) is 30.3 Å². The summed E-state index contributed by atoms with van der Waals surface area (Å²) in [6.07, 6.45) is 1.15. The van der Waals surface area contributed by atoms with Crippen LogP contribution in [0, 0.1) is 0 Å². The zero-order chi connectivity index (χ0) is 24.3. The van der Waals surface area contributed by atoms with E-state index in [1.807, 2.05) is 55.5 Å². The monoisotopic (exact) mass is 498 g/mol. The smallest absolute Gasteiger partial charge is 0.261 e. The molecule has 0 aromatic heterocycles. The standard InChI is InChI=1S/C27H28Cl2N2O3/c1-2-16-30-27(33)24(17-20-10-4-3-5-11-20)31(18-21-12-6-7-13-22(21)28)26(32)19-34-25-15-9-8-14-23(25)29/h3-15,24H,2,16-19H2,1H3,(H,30,33)/t24-/m1/s1. The molecular weight excluding hydrogens is 471 g/mol. The number of benzene rings is 3. The summed E-state index contributed by atoms with van der Waals surface area (Å²) in [6, 6.07) is 23.1. The van der Waals surface area contributed by atoms with Gasteiger partial charge in [0.15, 0.2) is 6.61 Å². The van der Waals surface area contributed by atoms with Crippen LogP contribution in [0.3, 0.4) is 0 Å². The molecule has 3 aromatic carbocycles. The van der Waals surface area contributed by atoms with E-state index in [1.165, 1.54) is 4.90 Å². The Morgan fingerprint density at radius 1 is 0.912 bits per heavy atom. The molecule has 2 amide bonds. The molecule has 0 unspecified atom stereocenters. The van der Waals surface area contributed by atoms with Crippen LogP contribution >= 0.6 is 23.2 Å². The van der Waals surface area contributed by atoms with Gasteiger partial charge in [-0.15, -0.1) is 0 Å². The van der Waals surface area contributed by atoms with Crippen LogP contribution < -0.4 is 10.1 Å². The Morgan fingerprint density at radius 2 is 1.56 bits per heavy atom. The minimum absolute atomic E-state index is 0.168. The molecule has 178 valence electrons. The molecule has 7 heteroatoms. The SMILES string of the molecule is CCCNC(=O)[C@@H](Cc1ccccc1)N(Cc1ccccc1Cl)C(=O)COc1ccccc1Cl. The Morgan fingerprint density at radius 3 is 2.24 bits per heavy atom. The van der Waals surface area contributed by atoms with Gasteiger partial charge in [0, 0.05) is 24.5 Å². The van der Waals surface area contributed by atoms with Crippen molar-refractivity contribution >= 4 is 35.0 Å². The summed E-state index contributed by atoms with van der Waals surface area (Å²) >= 11 is 12.6. The first-order chi connectivity index (χ1) is 16.5. The van der Waals surface area contributed by atoms with Crippen molar-refractivity contribution in [1.29, 1.82) is 0 Å². The maximum atomic E-state index is 13.5. The molecule has 0 heterocycles. The highest BCUT2D eigenvalue weighted by molar-refractivity contribution is 6.32. The molecule has 0 spiro atoms. The molecule has 3 aromatic rings. The summed E-state index contributed by atoms with van der Waals surface area (Å²) < 4.78 is 5.72. The van der Waals surface area contributed by atoms with E-state index in [0.29, 0.717) is 28.8 Å². The van der Waals surface area contributed by atoms with Crippen LogP contribution in [0.5, 0.6) is 5.75 Å². The summed E-state index contributed by atoms with van der Waals surface area (Å²) in [5.74, 6) is -0.151. The zero-order valence-corrected chi connectivity index (χ0v) is 20.6. The molecule has 0 aliphatic heterocycles. The van der Waals surface area contributed by atoms with Crippen molar-refractivity contribution in [1.82, 2.24) is 10.2 Å². The second-order valence-electron chi connectivity index (χ2n) is 7.83. The van der Waals surface area contributed by atoms with Gasteiger partial charge in [-0.1, -0.05) is 90.8 Å². The lowest BCUT2D eigenvalue weighted by Crippen LogP contribution is -2.51. The Balaban J connectivity index is 1.91. The van der Waals surface area contributed by atoms with Crippen molar-refractivity contribution in [3.05, 3.63) is 100 Å². The number of nitrogens with one attached hydrogen (secondary N) is 1. The van der Waals surface area contributed by atoms with Crippen molar-refractivity contribution in [3.8, 4) is 5.75 Å². The number of carbonyl (C=O) groups is 2. The molecule has 0 bridgehead atoms. The third kappa shape index (κ3) is 7.24. The number of nitrogens with zero attached hydrogens (tertiary/aromatic N) is 1. The van der Waals surface area contributed by atoms with Crippen LogP contribution in [0.25, 0.3) is 0 Å². The molecular formula is C27H28Cl2N2O3. The Bertz CT molecular complexity index is 1090. The number of hydrogen-bond acceptors (Lipinski definition) is 3. The summed E-state index contributed by atoms with van der Waals surface area (Å²) in [6.45, 7) is 2.41. The molecule has 34 heavy (non-hydrogen) atoms. The predicted molar refractivity (Wildman–Crippen MR) is 136 cm³/mol. The van der Waals surface area contributed by atoms with Crippen LogP contribution in [0.1, 0.15) is 24.5 Å². The van der Waals surface area contributed by atoms with Gasteiger partial charge in [0.2, 0.25) is 5.91 Å². The average Bonchev–Trinajstić information content (AvgIpc) is 2.85. The summed E-state index contributed by atoms with van der Waals surface area (Å²) in [5, 5.41) is 3.88. The quantitative estimate of drug-likeness (QED) is 0.377. The van der Waals surface area contributed by atoms with E-state index in [9.17, 15) is 9.59 Å². The van der Waals surface area contributed by atoms with Crippen LogP contribution in [0.2, 0.25) is 10.0 Å². The van der Waals surface area contributed by atoms with Crippen molar-refractivity contribution in [3.63, 3.8) is 0 Å². The first-order valence-electron chi connectivity index (χ1n) is 11.2. The molecule has 0 saturated heterocycles. The summed E-state index contributed by atoms with van der Waals surface area (Å²) in [7, 11) is 0. The van der Waals surface area contributed by atoms with E-state index in [2.05, 4.69) is 5.32 Å². The van der Waals surface area contributed by atoms with Crippen molar-refractivity contribution in [2.75, 3.05) is 13.2 Å². The molecule has 0 saturated carbocycles. The number of halogens is 2. The van der Waals surface area contributed by atoms with Crippen LogP contribution in [0.4, 0.5) is 0 Å². The van der Waals surface area contributed by atoms with Crippen molar-refractivity contribution < 1.29 is 14.3 Å². The van der Waals surface area contributed by atoms with Gasteiger partial charge in [0.05, 0.1) is 5.02 Å². The molecule has 0 radical (unpaired) electrons. The molecule has 3 rings (SSSR count). The molecule has 0 fully saturated rings. The van der Waals surface area contributed by atoms with E-state index >= 15 is 0 Å². The van der Waals surface area contributed by atoms with E-state index in [4.69, 9.17) is 27.9 Å². The second kappa shape index (κ2) is 13.0. The lowest BCUT2D eigenvalue weighted by molar-refractivity contribution is -0.142. The van der Waals surface area contributed by atoms with Gasteiger partial charge >= 0.3 is 0 Å². The van der Waals surface area contributed by atoms with Gasteiger partial charge in [0.25, 0.3) is 5.91 Å². The van der Waals surface area contributed by atoms with Gasteiger partial charge in [-0.25, -0.2) is 0 Å². The summed E-state index contributed by atoms with van der Waals surface area (Å²) in [5.41, 5.74) is 1.69. The normalized spacial score (nSPS) is 11.5. The van der Waals surface area contributed by atoms with E-state index < -0.39 is 6.04 Å². The summed E-state index contributed by atoms with van der Waals surface area (Å²) in [4.78, 5) is 28.3.